The van der Waals surface area contributed by atoms with Gasteiger partial charge in [0.15, 0.2) is 0 Å². The van der Waals surface area contributed by atoms with Crippen LogP contribution in [0.1, 0.15) is 44.4 Å². The highest BCUT2D eigenvalue weighted by Crippen LogP contribution is 2.37. The maximum absolute atomic E-state index is 3.61. The summed E-state index contributed by atoms with van der Waals surface area (Å²) >= 11 is 1.91. The van der Waals surface area contributed by atoms with Gasteiger partial charge in [0.2, 0.25) is 0 Å². The van der Waals surface area contributed by atoms with E-state index >= 15 is 0 Å². The normalized spacial score (nSPS) is 33.5. The molecule has 0 saturated heterocycles. The van der Waals surface area contributed by atoms with Crippen molar-refractivity contribution in [2.45, 2.75) is 58.2 Å². The number of nitrogens with one attached hydrogen (secondary N) is 1. The third kappa shape index (κ3) is 3.88. The lowest BCUT2D eigenvalue weighted by Crippen LogP contribution is -2.48. The highest BCUT2D eigenvalue weighted by atomic mass is 32.1. The van der Waals surface area contributed by atoms with Gasteiger partial charge in [-0.05, 0) is 61.9 Å². The van der Waals surface area contributed by atoms with Crippen molar-refractivity contribution in [3.05, 3.63) is 22.4 Å². The predicted octanol–water partition coefficient (Wildman–Crippen LogP) is 3.98. The van der Waals surface area contributed by atoms with E-state index < -0.39 is 0 Å². The molecule has 2 aliphatic rings. The summed E-state index contributed by atoms with van der Waals surface area (Å²) in [5.41, 5.74) is 0. The number of hydrogen-bond donors (Lipinski definition) is 1. The van der Waals surface area contributed by atoms with Gasteiger partial charge in [-0.25, -0.2) is 0 Å². The zero-order valence-corrected chi connectivity index (χ0v) is 14.5. The molecule has 1 aromatic rings. The minimum absolute atomic E-state index is 0.702. The molecule has 21 heavy (non-hydrogen) atoms. The SMILES string of the molecule is CNC1CC(C)CC(C)C1CN(Cc1cccs1)C1CC1. The lowest BCUT2D eigenvalue weighted by Gasteiger charge is -2.42. The molecule has 2 aliphatic carbocycles. The van der Waals surface area contributed by atoms with Crippen molar-refractivity contribution in [2.24, 2.45) is 17.8 Å². The molecule has 2 nitrogen and oxygen atoms in total. The van der Waals surface area contributed by atoms with Crippen molar-refractivity contribution in [1.29, 1.82) is 0 Å². The van der Waals surface area contributed by atoms with E-state index in [1.807, 2.05) is 11.3 Å². The minimum atomic E-state index is 0.702. The molecular formula is C18H30N2S. The van der Waals surface area contributed by atoms with Crippen LogP contribution in [0.25, 0.3) is 0 Å². The Labute approximate surface area is 133 Å². The zero-order chi connectivity index (χ0) is 14.8. The average molecular weight is 307 g/mol. The van der Waals surface area contributed by atoms with Gasteiger partial charge >= 0.3 is 0 Å². The van der Waals surface area contributed by atoms with Gasteiger partial charge in [0.1, 0.15) is 0 Å². The molecule has 0 aliphatic heterocycles. The van der Waals surface area contributed by atoms with Crippen LogP contribution in [-0.4, -0.2) is 30.6 Å². The minimum Gasteiger partial charge on any atom is -0.317 e. The third-order valence-corrected chi connectivity index (χ3v) is 6.36. The molecule has 1 aromatic heterocycles. The molecule has 0 amide bonds. The van der Waals surface area contributed by atoms with Crippen LogP contribution in [-0.2, 0) is 6.54 Å². The van der Waals surface area contributed by atoms with E-state index in [9.17, 15) is 0 Å². The highest BCUT2D eigenvalue weighted by Gasteiger charge is 2.37. The molecule has 0 radical (unpaired) electrons. The predicted molar refractivity (Wildman–Crippen MR) is 91.7 cm³/mol. The molecule has 0 spiro atoms. The lowest BCUT2D eigenvalue weighted by atomic mass is 9.72. The van der Waals surface area contributed by atoms with Gasteiger partial charge in [-0.15, -0.1) is 11.3 Å². The molecule has 0 bridgehead atoms. The molecule has 0 aromatic carbocycles. The molecule has 2 fully saturated rings. The van der Waals surface area contributed by atoms with Crippen LogP contribution in [0.4, 0.5) is 0 Å². The van der Waals surface area contributed by atoms with Gasteiger partial charge in [0.25, 0.3) is 0 Å². The Morgan fingerprint density at radius 1 is 1.29 bits per heavy atom. The summed E-state index contributed by atoms with van der Waals surface area (Å²) in [5, 5.41) is 5.82. The first-order valence-corrected chi connectivity index (χ1v) is 9.49. The van der Waals surface area contributed by atoms with Gasteiger partial charge in [-0.3, -0.25) is 4.90 Å². The highest BCUT2D eigenvalue weighted by molar-refractivity contribution is 7.09. The lowest BCUT2D eigenvalue weighted by molar-refractivity contribution is 0.0977. The molecule has 2 saturated carbocycles. The van der Waals surface area contributed by atoms with E-state index in [2.05, 4.69) is 48.6 Å². The number of rotatable bonds is 6. The topological polar surface area (TPSA) is 15.3 Å². The van der Waals surface area contributed by atoms with Gasteiger partial charge < -0.3 is 5.32 Å². The van der Waals surface area contributed by atoms with Gasteiger partial charge in [-0.2, -0.15) is 0 Å². The van der Waals surface area contributed by atoms with Crippen LogP contribution in [0.5, 0.6) is 0 Å². The smallest absolute Gasteiger partial charge is 0.0330 e. The van der Waals surface area contributed by atoms with Crippen molar-refractivity contribution in [3.63, 3.8) is 0 Å². The molecule has 4 unspecified atom stereocenters. The summed E-state index contributed by atoms with van der Waals surface area (Å²) < 4.78 is 0. The van der Waals surface area contributed by atoms with Crippen LogP contribution in [0, 0.1) is 17.8 Å². The summed E-state index contributed by atoms with van der Waals surface area (Å²) in [4.78, 5) is 4.30. The Morgan fingerprint density at radius 3 is 2.71 bits per heavy atom. The molecule has 1 heterocycles. The van der Waals surface area contributed by atoms with Crippen molar-refractivity contribution in [2.75, 3.05) is 13.6 Å². The summed E-state index contributed by atoms with van der Waals surface area (Å²) in [6.07, 6.45) is 5.57. The first kappa shape index (κ1) is 15.5. The van der Waals surface area contributed by atoms with E-state index in [4.69, 9.17) is 0 Å². The Hall–Kier alpha value is -0.380. The van der Waals surface area contributed by atoms with E-state index in [-0.39, 0.29) is 0 Å². The average Bonchev–Trinajstić information content (AvgIpc) is 3.18. The maximum atomic E-state index is 3.61. The fraction of sp³-hybridized carbons (Fsp3) is 0.778. The van der Waals surface area contributed by atoms with E-state index in [1.54, 1.807) is 0 Å². The first-order chi connectivity index (χ1) is 10.2. The van der Waals surface area contributed by atoms with Crippen molar-refractivity contribution < 1.29 is 0 Å². The second-order valence-electron chi connectivity index (χ2n) is 7.35. The summed E-state index contributed by atoms with van der Waals surface area (Å²) in [5.74, 6) is 2.53. The second-order valence-corrected chi connectivity index (χ2v) is 8.39. The molecule has 3 rings (SSSR count). The molecule has 118 valence electrons. The fourth-order valence-corrected chi connectivity index (χ4v) is 4.93. The van der Waals surface area contributed by atoms with Gasteiger partial charge in [0, 0.05) is 30.1 Å². The molecule has 4 atom stereocenters. The summed E-state index contributed by atoms with van der Waals surface area (Å²) in [6.45, 7) is 7.34. The van der Waals surface area contributed by atoms with Crippen molar-refractivity contribution in [3.8, 4) is 0 Å². The van der Waals surface area contributed by atoms with Crippen LogP contribution >= 0.6 is 11.3 Å². The monoisotopic (exact) mass is 306 g/mol. The maximum Gasteiger partial charge on any atom is 0.0330 e. The Bertz CT molecular complexity index is 426. The quantitative estimate of drug-likeness (QED) is 0.855. The van der Waals surface area contributed by atoms with E-state index in [0.717, 1.165) is 30.3 Å². The van der Waals surface area contributed by atoms with Gasteiger partial charge in [0.05, 0.1) is 0 Å². The van der Waals surface area contributed by atoms with Crippen LogP contribution in [0.15, 0.2) is 17.5 Å². The fourth-order valence-electron chi connectivity index (χ4n) is 4.21. The molecular weight excluding hydrogens is 276 g/mol. The van der Waals surface area contributed by atoms with Crippen molar-refractivity contribution in [1.82, 2.24) is 10.2 Å². The number of hydrogen-bond acceptors (Lipinski definition) is 3. The first-order valence-electron chi connectivity index (χ1n) is 8.61. The number of thiophene rings is 1. The van der Waals surface area contributed by atoms with Crippen LogP contribution < -0.4 is 5.32 Å². The molecule has 1 N–H and O–H groups in total. The Kier molecular flexibility index (Phi) is 5.03. The zero-order valence-electron chi connectivity index (χ0n) is 13.7. The van der Waals surface area contributed by atoms with Crippen LogP contribution in [0.2, 0.25) is 0 Å². The molecule has 3 heteroatoms. The largest absolute Gasteiger partial charge is 0.317 e. The van der Waals surface area contributed by atoms with Crippen LogP contribution in [0.3, 0.4) is 0 Å². The van der Waals surface area contributed by atoms with Gasteiger partial charge in [-0.1, -0.05) is 19.9 Å². The van der Waals surface area contributed by atoms with Crippen molar-refractivity contribution >= 4 is 11.3 Å². The Balaban J connectivity index is 1.66. The standard InChI is InChI=1S/C18H30N2S/c1-13-9-14(2)17(18(10-13)19-3)12-20(15-6-7-15)11-16-5-4-8-21-16/h4-5,8,13-15,17-19H,6-7,9-12H2,1-3H3. The van der Waals surface area contributed by atoms with E-state index in [1.165, 1.54) is 37.1 Å². The number of nitrogens with zero attached hydrogens (tertiary/aromatic N) is 1. The summed E-state index contributed by atoms with van der Waals surface area (Å²) in [7, 11) is 2.16. The third-order valence-electron chi connectivity index (χ3n) is 5.50. The van der Waals surface area contributed by atoms with E-state index in [0.29, 0.717) is 6.04 Å². The summed E-state index contributed by atoms with van der Waals surface area (Å²) in [6, 6.07) is 6.04. The Morgan fingerprint density at radius 2 is 2.10 bits per heavy atom. The second kappa shape index (κ2) is 6.80.